The van der Waals surface area contributed by atoms with E-state index in [1.807, 2.05) is 6.92 Å². The van der Waals surface area contributed by atoms with Gasteiger partial charge in [0.2, 0.25) is 0 Å². The van der Waals surface area contributed by atoms with E-state index in [-0.39, 0.29) is 5.91 Å². The van der Waals surface area contributed by atoms with Crippen LogP contribution in [0.15, 0.2) is 30.5 Å². The third-order valence-electron chi connectivity index (χ3n) is 2.32. The summed E-state index contributed by atoms with van der Waals surface area (Å²) < 4.78 is 1.68. The van der Waals surface area contributed by atoms with Crippen LogP contribution in [-0.4, -0.2) is 15.7 Å². The quantitative estimate of drug-likeness (QED) is 0.938. The summed E-state index contributed by atoms with van der Waals surface area (Å²) in [6.07, 6.45) is 1.75. The summed E-state index contributed by atoms with van der Waals surface area (Å²) in [6.45, 7) is 2.67. The number of nitrogens with one attached hydrogen (secondary N) is 1. The minimum atomic E-state index is -0.291. The maximum atomic E-state index is 11.9. The number of aryl methyl sites for hydroxylation is 1. The summed E-state index contributed by atoms with van der Waals surface area (Å²) in [6, 6.07) is 6.51. The lowest BCUT2D eigenvalue weighted by molar-refractivity contribution is 0.102. The highest BCUT2D eigenvalue weighted by molar-refractivity contribution is 6.35. The Morgan fingerprint density at radius 2 is 2.00 bits per heavy atom. The van der Waals surface area contributed by atoms with Crippen molar-refractivity contribution in [2.75, 3.05) is 5.32 Å². The number of nitrogens with zero attached hydrogens (tertiary/aromatic N) is 2. The van der Waals surface area contributed by atoms with E-state index < -0.39 is 0 Å². The van der Waals surface area contributed by atoms with Gasteiger partial charge in [-0.3, -0.25) is 9.48 Å². The van der Waals surface area contributed by atoms with Gasteiger partial charge in [-0.1, -0.05) is 23.2 Å². The Morgan fingerprint density at radius 3 is 2.56 bits per heavy atom. The highest BCUT2D eigenvalue weighted by Gasteiger charge is 2.10. The molecule has 1 aromatic carbocycles. The molecule has 2 rings (SSSR count). The highest BCUT2D eigenvalue weighted by atomic mass is 35.5. The largest absolute Gasteiger partial charge is 0.320 e. The molecule has 0 aliphatic heterocycles. The normalized spacial score (nSPS) is 10.4. The number of rotatable bonds is 3. The lowest BCUT2D eigenvalue weighted by atomic mass is 10.3. The number of halogens is 2. The van der Waals surface area contributed by atoms with E-state index in [2.05, 4.69) is 10.4 Å². The molecule has 94 valence electrons. The molecule has 18 heavy (non-hydrogen) atoms. The van der Waals surface area contributed by atoms with Gasteiger partial charge in [-0.25, -0.2) is 0 Å². The Bertz CT molecular complexity index is 560. The standard InChI is InChI=1S/C12H11Cl2N3O/c1-2-17-4-3-11(16-17)12(18)15-10-6-8(13)5-9(14)7-10/h3-7H,2H2,1H3,(H,15,18). The molecule has 4 nitrogen and oxygen atoms in total. The van der Waals surface area contributed by atoms with Crippen LogP contribution in [0, 0.1) is 0 Å². The number of benzene rings is 1. The first-order valence-electron chi connectivity index (χ1n) is 5.39. The Morgan fingerprint density at radius 1 is 1.33 bits per heavy atom. The number of anilines is 1. The van der Waals surface area contributed by atoms with E-state index in [1.54, 1.807) is 35.1 Å². The van der Waals surface area contributed by atoms with Crippen LogP contribution < -0.4 is 5.32 Å². The summed E-state index contributed by atoms with van der Waals surface area (Å²) in [4.78, 5) is 11.9. The third-order valence-corrected chi connectivity index (χ3v) is 2.75. The maximum absolute atomic E-state index is 11.9. The van der Waals surface area contributed by atoms with Crippen LogP contribution in [-0.2, 0) is 6.54 Å². The smallest absolute Gasteiger partial charge is 0.276 e. The van der Waals surface area contributed by atoms with Crippen LogP contribution in [0.25, 0.3) is 0 Å². The van der Waals surface area contributed by atoms with Crippen molar-refractivity contribution in [1.82, 2.24) is 9.78 Å². The number of hydrogen-bond acceptors (Lipinski definition) is 2. The Labute approximate surface area is 115 Å². The summed E-state index contributed by atoms with van der Waals surface area (Å²) in [5, 5.41) is 7.74. The topological polar surface area (TPSA) is 46.9 Å². The molecule has 0 spiro atoms. The van der Waals surface area contributed by atoms with Crippen LogP contribution in [0.5, 0.6) is 0 Å². The number of carbonyl (C=O) groups is 1. The Balaban J connectivity index is 2.15. The average molecular weight is 284 g/mol. The summed E-state index contributed by atoms with van der Waals surface area (Å²) in [7, 11) is 0. The number of amides is 1. The number of hydrogen-bond donors (Lipinski definition) is 1. The SMILES string of the molecule is CCn1ccc(C(=O)Nc2cc(Cl)cc(Cl)c2)n1. The van der Waals surface area contributed by atoms with Crippen molar-refractivity contribution >= 4 is 34.8 Å². The summed E-state index contributed by atoms with van der Waals surface area (Å²) in [5.74, 6) is -0.291. The zero-order valence-electron chi connectivity index (χ0n) is 9.65. The molecule has 1 aromatic heterocycles. The molecule has 0 aliphatic rings. The fraction of sp³-hybridized carbons (Fsp3) is 0.167. The lowest BCUT2D eigenvalue weighted by Gasteiger charge is -2.04. The molecule has 0 radical (unpaired) electrons. The molecular formula is C12H11Cl2N3O. The van der Waals surface area contributed by atoms with Crippen molar-refractivity contribution < 1.29 is 4.79 Å². The van der Waals surface area contributed by atoms with E-state index in [1.165, 1.54) is 0 Å². The first kappa shape index (κ1) is 12.9. The predicted octanol–water partition coefficient (Wildman–Crippen LogP) is 3.46. The van der Waals surface area contributed by atoms with Gasteiger partial charge in [-0.15, -0.1) is 0 Å². The molecule has 0 fully saturated rings. The molecule has 0 aliphatic carbocycles. The highest BCUT2D eigenvalue weighted by Crippen LogP contribution is 2.22. The van der Waals surface area contributed by atoms with Crippen LogP contribution in [0.2, 0.25) is 10.0 Å². The molecule has 0 saturated carbocycles. The summed E-state index contributed by atoms with van der Waals surface area (Å²) >= 11 is 11.7. The average Bonchev–Trinajstić information content (AvgIpc) is 2.75. The number of aromatic nitrogens is 2. The number of carbonyl (C=O) groups excluding carboxylic acids is 1. The predicted molar refractivity (Wildman–Crippen MR) is 72.3 cm³/mol. The van der Waals surface area contributed by atoms with Crippen molar-refractivity contribution in [2.24, 2.45) is 0 Å². The van der Waals surface area contributed by atoms with Gasteiger partial charge < -0.3 is 5.32 Å². The lowest BCUT2D eigenvalue weighted by Crippen LogP contribution is -2.13. The van der Waals surface area contributed by atoms with Crippen molar-refractivity contribution in [3.8, 4) is 0 Å². The van der Waals surface area contributed by atoms with Gasteiger partial charge in [0, 0.05) is 28.5 Å². The zero-order chi connectivity index (χ0) is 13.1. The molecule has 2 aromatic rings. The van der Waals surface area contributed by atoms with E-state index in [4.69, 9.17) is 23.2 Å². The van der Waals surface area contributed by atoms with Gasteiger partial charge in [0.15, 0.2) is 5.69 Å². The molecule has 0 atom stereocenters. The van der Waals surface area contributed by atoms with Crippen LogP contribution in [0.4, 0.5) is 5.69 Å². The fourth-order valence-corrected chi connectivity index (χ4v) is 2.01. The van der Waals surface area contributed by atoms with Crippen molar-refractivity contribution in [1.29, 1.82) is 0 Å². The van der Waals surface area contributed by atoms with Gasteiger partial charge in [0.1, 0.15) is 0 Å². The van der Waals surface area contributed by atoms with Gasteiger partial charge in [-0.05, 0) is 31.2 Å². The van der Waals surface area contributed by atoms with E-state index in [0.717, 1.165) is 6.54 Å². The molecule has 0 bridgehead atoms. The second kappa shape index (κ2) is 5.42. The van der Waals surface area contributed by atoms with E-state index in [0.29, 0.717) is 21.4 Å². The van der Waals surface area contributed by atoms with Gasteiger partial charge in [-0.2, -0.15) is 5.10 Å². The minimum Gasteiger partial charge on any atom is -0.320 e. The van der Waals surface area contributed by atoms with Crippen molar-refractivity contribution in [3.05, 3.63) is 46.2 Å². The molecule has 1 amide bonds. The molecule has 6 heteroatoms. The maximum Gasteiger partial charge on any atom is 0.276 e. The second-order valence-electron chi connectivity index (χ2n) is 3.67. The molecule has 1 heterocycles. The van der Waals surface area contributed by atoms with Crippen molar-refractivity contribution in [3.63, 3.8) is 0 Å². The van der Waals surface area contributed by atoms with Gasteiger partial charge in [0.05, 0.1) is 0 Å². The van der Waals surface area contributed by atoms with E-state index in [9.17, 15) is 4.79 Å². The zero-order valence-corrected chi connectivity index (χ0v) is 11.2. The molecule has 0 saturated heterocycles. The van der Waals surface area contributed by atoms with E-state index >= 15 is 0 Å². The minimum absolute atomic E-state index is 0.291. The third kappa shape index (κ3) is 3.03. The Kier molecular flexibility index (Phi) is 3.89. The summed E-state index contributed by atoms with van der Waals surface area (Å²) in [5.41, 5.74) is 0.900. The van der Waals surface area contributed by atoms with Crippen LogP contribution in [0.3, 0.4) is 0 Å². The first-order valence-corrected chi connectivity index (χ1v) is 6.15. The first-order chi connectivity index (χ1) is 8.58. The second-order valence-corrected chi connectivity index (χ2v) is 4.54. The Hall–Kier alpha value is -1.52. The van der Waals surface area contributed by atoms with Crippen LogP contribution >= 0.6 is 23.2 Å². The van der Waals surface area contributed by atoms with Gasteiger partial charge in [0.25, 0.3) is 5.91 Å². The molecule has 1 N–H and O–H groups in total. The van der Waals surface area contributed by atoms with Crippen molar-refractivity contribution in [2.45, 2.75) is 13.5 Å². The van der Waals surface area contributed by atoms with Gasteiger partial charge >= 0.3 is 0 Å². The molecular weight excluding hydrogens is 273 g/mol. The molecule has 0 unspecified atom stereocenters. The van der Waals surface area contributed by atoms with Crippen LogP contribution in [0.1, 0.15) is 17.4 Å². The fourth-order valence-electron chi connectivity index (χ4n) is 1.48. The monoisotopic (exact) mass is 283 g/mol.